The van der Waals surface area contributed by atoms with Crippen LogP contribution >= 0.6 is 11.6 Å². The Morgan fingerprint density at radius 1 is 1.33 bits per heavy atom. The topological polar surface area (TPSA) is 67.9 Å². The molecule has 1 aromatic carbocycles. The molecule has 0 spiro atoms. The summed E-state index contributed by atoms with van der Waals surface area (Å²) in [5.74, 6) is -0.156. The third-order valence-electron chi connectivity index (χ3n) is 5.42. The number of hydrogen-bond acceptors (Lipinski definition) is 4. The Bertz CT molecular complexity index is 780. The highest BCUT2D eigenvalue weighted by molar-refractivity contribution is 6.32. The van der Waals surface area contributed by atoms with Crippen LogP contribution in [0.3, 0.4) is 0 Å². The summed E-state index contributed by atoms with van der Waals surface area (Å²) in [6.45, 7) is 5.13. The molecule has 0 radical (unpaired) electrons. The molecule has 3 rings (SSSR count). The Morgan fingerprint density at radius 2 is 2.10 bits per heavy atom. The highest BCUT2D eigenvalue weighted by atomic mass is 35.5. The number of carbonyl (C=O) groups excluding carboxylic acids is 2. The van der Waals surface area contributed by atoms with Gasteiger partial charge in [0.15, 0.2) is 5.76 Å². The summed E-state index contributed by atoms with van der Waals surface area (Å²) >= 11 is 6.25. The van der Waals surface area contributed by atoms with E-state index in [0.29, 0.717) is 18.2 Å². The van der Waals surface area contributed by atoms with Crippen molar-refractivity contribution >= 4 is 29.5 Å². The summed E-state index contributed by atoms with van der Waals surface area (Å²) in [7, 11) is 0. The predicted molar refractivity (Wildman–Crippen MR) is 117 cm³/mol. The maximum atomic E-state index is 13.2. The fourth-order valence-electron chi connectivity index (χ4n) is 3.92. The molecule has 6 nitrogen and oxygen atoms in total. The van der Waals surface area contributed by atoms with E-state index in [-0.39, 0.29) is 42.4 Å². The van der Waals surface area contributed by atoms with Crippen LogP contribution in [0.25, 0.3) is 6.08 Å². The van der Waals surface area contributed by atoms with Gasteiger partial charge in [-0.15, -0.1) is 0 Å². The van der Waals surface area contributed by atoms with E-state index in [2.05, 4.69) is 5.32 Å². The third kappa shape index (κ3) is 5.99. The molecule has 2 fully saturated rings. The van der Waals surface area contributed by atoms with Crippen molar-refractivity contribution in [1.82, 2.24) is 10.2 Å². The molecule has 2 aliphatic rings. The summed E-state index contributed by atoms with van der Waals surface area (Å²) in [5, 5.41) is 3.45. The van der Waals surface area contributed by atoms with Crippen LogP contribution in [0.5, 0.6) is 0 Å². The van der Waals surface area contributed by atoms with Crippen LogP contribution in [-0.4, -0.2) is 54.7 Å². The SMILES string of the molecule is CC(C)OCCCNC(=O)CN1C(=O)/C(=C\c2ccccc2Cl)OC2CCCCC21. The van der Waals surface area contributed by atoms with Crippen LogP contribution in [0.1, 0.15) is 51.5 Å². The molecular weight excluding hydrogens is 404 g/mol. The van der Waals surface area contributed by atoms with Gasteiger partial charge in [-0.3, -0.25) is 9.59 Å². The molecule has 0 bridgehead atoms. The van der Waals surface area contributed by atoms with Gasteiger partial charge < -0.3 is 19.7 Å². The molecule has 1 N–H and O–H groups in total. The molecule has 1 aromatic rings. The number of benzene rings is 1. The van der Waals surface area contributed by atoms with E-state index in [9.17, 15) is 9.59 Å². The largest absolute Gasteiger partial charge is 0.482 e. The summed E-state index contributed by atoms with van der Waals surface area (Å²) in [6.07, 6.45) is 6.34. The van der Waals surface area contributed by atoms with Gasteiger partial charge >= 0.3 is 0 Å². The van der Waals surface area contributed by atoms with Gasteiger partial charge in [0, 0.05) is 18.2 Å². The van der Waals surface area contributed by atoms with Crippen molar-refractivity contribution in [2.24, 2.45) is 0 Å². The lowest BCUT2D eigenvalue weighted by Gasteiger charge is -2.44. The quantitative estimate of drug-likeness (QED) is 0.499. The highest BCUT2D eigenvalue weighted by Gasteiger charge is 2.42. The number of nitrogens with one attached hydrogen (secondary N) is 1. The fraction of sp³-hybridized carbons (Fsp3) is 0.565. The van der Waals surface area contributed by atoms with E-state index in [1.807, 2.05) is 32.0 Å². The lowest BCUT2D eigenvalue weighted by atomic mass is 9.89. The fourth-order valence-corrected chi connectivity index (χ4v) is 4.12. The Morgan fingerprint density at radius 3 is 2.87 bits per heavy atom. The molecule has 1 aliphatic carbocycles. The van der Waals surface area contributed by atoms with Gasteiger partial charge in [0.1, 0.15) is 12.6 Å². The van der Waals surface area contributed by atoms with Gasteiger partial charge in [-0.25, -0.2) is 0 Å². The minimum Gasteiger partial charge on any atom is -0.482 e. The summed E-state index contributed by atoms with van der Waals surface area (Å²) in [4.78, 5) is 27.4. The van der Waals surface area contributed by atoms with E-state index >= 15 is 0 Å². The summed E-state index contributed by atoms with van der Waals surface area (Å²) in [5.41, 5.74) is 0.728. The van der Waals surface area contributed by atoms with Crippen molar-refractivity contribution in [2.45, 2.75) is 64.2 Å². The van der Waals surface area contributed by atoms with Crippen molar-refractivity contribution in [3.63, 3.8) is 0 Å². The smallest absolute Gasteiger partial charge is 0.289 e. The number of hydrogen-bond donors (Lipinski definition) is 1. The molecule has 0 aromatic heterocycles. The number of fused-ring (bicyclic) bond motifs is 1. The average Bonchev–Trinajstić information content (AvgIpc) is 2.72. The van der Waals surface area contributed by atoms with E-state index in [1.165, 1.54) is 0 Å². The molecule has 7 heteroatoms. The van der Waals surface area contributed by atoms with Gasteiger partial charge in [0.05, 0.1) is 12.1 Å². The minimum absolute atomic E-state index is 0.0360. The van der Waals surface area contributed by atoms with Crippen molar-refractivity contribution in [1.29, 1.82) is 0 Å². The molecule has 2 atom stereocenters. The first kappa shape index (κ1) is 22.6. The van der Waals surface area contributed by atoms with Crippen molar-refractivity contribution in [3.8, 4) is 0 Å². The maximum absolute atomic E-state index is 13.2. The van der Waals surface area contributed by atoms with Crippen LogP contribution in [0, 0.1) is 0 Å². The Labute approximate surface area is 183 Å². The predicted octanol–water partition coefficient (Wildman–Crippen LogP) is 3.78. The van der Waals surface area contributed by atoms with Crippen molar-refractivity contribution in [2.75, 3.05) is 19.7 Å². The zero-order chi connectivity index (χ0) is 21.5. The molecule has 1 aliphatic heterocycles. The second kappa shape index (κ2) is 10.8. The van der Waals surface area contributed by atoms with Gasteiger partial charge in [-0.1, -0.05) is 36.2 Å². The number of amides is 2. The Balaban J connectivity index is 1.67. The zero-order valence-electron chi connectivity index (χ0n) is 17.7. The zero-order valence-corrected chi connectivity index (χ0v) is 18.5. The third-order valence-corrected chi connectivity index (χ3v) is 5.76. The first-order valence-corrected chi connectivity index (χ1v) is 11.2. The van der Waals surface area contributed by atoms with E-state index < -0.39 is 0 Å². The first-order valence-electron chi connectivity index (χ1n) is 10.8. The molecule has 1 saturated heterocycles. The molecular formula is C23H31ClN2O4. The number of rotatable bonds is 8. The van der Waals surface area contributed by atoms with Gasteiger partial charge in [-0.2, -0.15) is 0 Å². The molecule has 30 heavy (non-hydrogen) atoms. The van der Waals surface area contributed by atoms with Crippen LogP contribution in [-0.2, 0) is 19.1 Å². The second-order valence-electron chi connectivity index (χ2n) is 8.09. The monoisotopic (exact) mass is 434 g/mol. The number of ether oxygens (including phenoxy) is 2. The van der Waals surface area contributed by atoms with Crippen LogP contribution < -0.4 is 5.32 Å². The number of nitrogens with zero attached hydrogens (tertiary/aromatic N) is 1. The number of carbonyl (C=O) groups is 2. The van der Waals surface area contributed by atoms with E-state index in [1.54, 1.807) is 17.0 Å². The van der Waals surface area contributed by atoms with Crippen LogP contribution in [0.15, 0.2) is 30.0 Å². The van der Waals surface area contributed by atoms with Gasteiger partial charge in [-0.05, 0) is 57.2 Å². The van der Waals surface area contributed by atoms with Gasteiger partial charge in [0.25, 0.3) is 5.91 Å². The lowest BCUT2D eigenvalue weighted by Crippen LogP contribution is -2.57. The van der Waals surface area contributed by atoms with Crippen molar-refractivity contribution in [3.05, 3.63) is 40.6 Å². The molecule has 2 amide bonds. The molecule has 164 valence electrons. The first-order chi connectivity index (χ1) is 14.5. The second-order valence-corrected chi connectivity index (χ2v) is 8.50. The summed E-state index contributed by atoms with van der Waals surface area (Å²) < 4.78 is 11.6. The Kier molecular flexibility index (Phi) is 8.16. The standard InChI is InChI=1S/C23H31ClN2O4/c1-16(2)29-13-7-12-25-22(27)15-26-19-10-5-6-11-20(19)30-21(23(26)28)14-17-8-3-4-9-18(17)24/h3-4,8-9,14,16,19-20H,5-7,10-13,15H2,1-2H3,(H,25,27)/b21-14+. The highest BCUT2D eigenvalue weighted by Crippen LogP contribution is 2.33. The number of halogens is 1. The average molecular weight is 435 g/mol. The van der Waals surface area contributed by atoms with Crippen molar-refractivity contribution < 1.29 is 19.1 Å². The Hall–Kier alpha value is -2.05. The maximum Gasteiger partial charge on any atom is 0.289 e. The van der Waals surface area contributed by atoms with Crippen LogP contribution in [0.4, 0.5) is 0 Å². The lowest BCUT2D eigenvalue weighted by molar-refractivity contribution is -0.151. The number of morpholine rings is 1. The van der Waals surface area contributed by atoms with Gasteiger partial charge in [0.2, 0.25) is 5.91 Å². The summed E-state index contributed by atoms with van der Waals surface area (Å²) in [6, 6.07) is 7.26. The molecule has 1 heterocycles. The normalized spacial score (nSPS) is 22.7. The molecule has 2 unspecified atom stereocenters. The van der Waals surface area contributed by atoms with E-state index in [0.717, 1.165) is 37.7 Å². The van der Waals surface area contributed by atoms with Crippen LogP contribution in [0.2, 0.25) is 5.02 Å². The van der Waals surface area contributed by atoms with E-state index in [4.69, 9.17) is 21.1 Å². The molecule has 1 saturated carbocycles. The minimum atomic E-state index is -0.253.